The van der Waals surface area contributed by atoms with E-state index in [1.165, 1.54) is 0 Å². The maximum absolute atomic E-state index is 6.04. The number of hydrogen-bond donors (Lipinski definition) is 1. The number of hydrogen-bond acceptors (Lipinski definition) is 4. The number of methoxy groups -OCH3 is 1. The Morgan fingerprint density at radius 1 is 1.21 bits per heavy atom. The molecule has 2 heterocycles. The van der Waals surface area contributed by atoms with E-state index in [1.807, 2.05) is 47.8 Å². The van der Waals surface area contributed by atoms with Gasteiger partial charge in [0.15, 0.2) is 0 Å². The van der Waals surface area contributed by atoms with Crippen molar-refractivity contribution in [1.29, 1.82) is 0 Å². The van der Waals surface area contributed by atoms with E-state index in [4.69, 9.17) is 10.5 Å². The fraction of sp³-hybridized carbons (Fsp3) is 0.0714. The Morgan fingerprint density at radius 3 is 2.74 bits per heavy atom. The molecule has 5 heteroatoms. The van der Waals surface area contributed by atoms with Gasteiger partial charge in [-0.1, -0.05) is 18.2 Å². The summed E-state index contributed by atoms with van der Waals surface area (Å²) in [6, 6.07) is 13.6. The number of nitrogen functional groups attached to an aromatic ring is 1. The van der Waals surface area contributed by atoms with Crippen LogP contribution >= 0.6 is 11.3 Å². The smallest absolute Gasteiger partial charge is 0.139 e. The third-order valence-corrected chi connectivity index (χ3v) is 3.74. The van der Waals surface area contributed by atoms with Crippen LogP contribution in [0.3, 0.4) is 0 Å². The SMILES string of the molecule is COc1ccsc1-c1cc(N)n(-c2ccccc2)n1. The topological polar surface area (TPSA) is 53.1 Å². The molecule has 0 amide bonds. The van der Waals surface area contributed by atoms with Crippen molar-refractivity contribution in [1.82, 2.24) is 9.78 Å². The molecular formula is C14H13N3OS. The van der Waals surface area contributed by atoms with E-state index in [0.29, 0.717) is 5.82 Å². The molecule has 0 bridgehead atoms. The molecule has 0 aliphatic rings. The number of aromatic nitrogens is 2. The van der Waals surface area contributed by atoms with E-state index in [9.17, 15) is 0 Å². The second kappa shape index (κ2) is 4.78. The van der Waals surface area contributed by atoms with Gasteiger partial charge in [-0.05, 0) is 23.6 Å². The first kappa shape index (κ1) is 11.8. The number of ether oxygens (including phenoxy) is 1. The van der Waals surface area contributed by atoms with E-state index in [2.05, 4.69) is 5.10 Å². The molecule has 19 heavy (non-hydrogen) atoms. The number of benzene rings is 1. The summed E-state index contributed by atoms with van der Waals surface area (Å²) in [6.45, 7) is 0. The molecule has 0 aliphatic carbocycles. The summed E-state index contributed by atoms with van der Waals surface area (Å²) in [5.41, 5.74) is 7.81. The first-order valence-electron chi connectivity index (χ1n) is 5.82. The zero-order valence-electron chi connectivity index (χ0n) is 10.4. The molecule has 0 fully saturated rings. The highest BCUT2D eigenvalue weighted by Gasteiger charge is 2.13. The van der Waals surface area contributed by atoms with Gasteiger partial charge in [-0.25, -0.2) is 4.68 Å². The van der Waals surface area contributed by atoms with Gasteiger partial charge in [0.25, 0.3) is 0 Å². The van der Waals surface area contributed by atoms with Crippen LogP contribution in [0.25, 0.3) is 16.3 Å². The number of thiophene rings is 1. The number of anilines is 1. The van der Waals surface area contributed by atoms with Gasteiger partial charge < -0.3 is 10.5 Å². The van der Waals surface area contributed by atoms with Gasteiger partial charge in [0.05, 0.1) is 17.7 Å². The van der Waals surface area contributed by atoms with Gasteiger partial charge in [0.1, 0.15) is 17.3 Å². The number of rotatable bonds is 3. The van der Waals surface area contributed by atoms with Crippen molar-refractivity contribution >= 4 is 17.2 Å². The summed E-state index contributed by atoms with van der Waals surface area (Å²) in [6.07, 6.45) is 0. The first-order chi connectivity index (χ1) is 9.29. The van der Waals surface area contributed by atoms with Crippen molar-refractivity contribution in [2.24, 2.45) is 0 Å². The summed E-state index contributed by atoms with van der Waals surface area (Å²) in [5.74, 6) is 1.43. The summed E-state index contributed by atoms with van der Waals surface area (Å²) < 4.78 is 7.05. The molecule has 0 atom stereocenters. The lowest BCUT2D eigenvalue weighted by Gasteiger charge is -2.02. The highest BCUT2D eigenvalue weighted by molar-refractivity contribution is 7.14. The van der Waals surface area contributed by atoms with Gasteiger partial charge in [-0.3, -0.25) is 0 Å². The largest absolute Gasteiger partial charge is 0.495 e. The maximum atomic E-state index is 6.04. The average molecular weight is 271 g/mol. The lowest BCUT2D eigenvalue weighted by atomic mass is 10.3. The van der Waals surface area contributed by atoms with Crippen molar-refractivity contribution in [2.75, 3.05) is 12.8 Å². The monoisotopic (exact) mass is 271 g/mol. The first-order valence-corrected chi connectivity index (χ1v) is 6.70. The Balaban J connectivity index is 2.07. The summed E-state index contributed by atoms with van der Waals surface area (Å²) in [4.78, 5) is 0.990. The Hall–Kier alpha value is -2.27. The molecule has 1 aromatic carbocycles. The van der Waals surface area contributed by atoms with Crippen molar-refractivity contribution < 1.29 is 4.74 Å². The molecule has 0 radical (unpaired) electrons. The summed E-state index contributed by atoms with van der Waals surface area (Å²) >= 11 is 1.59. The third kappa shape index (κ3) is 2.08. The Kier molecular flexibility index (Phi) is 2.97. The standard InChI is InChI=1S/C14H13N3OS/c1-18-12-7-8-19-14(12)11-9-13(15)17(16-11)10-5-3-2-4-6-10/h2-9H,15H2,1H3. The molecule has 2 N–H and O–H groups in total. The summed E-state index contributed by atoms with van der Waals surface area (Å²) in [5, 5.41) is 6.53. The van der Waals surface area contributed by atoms with Gasteiger partial charge >= 0.3 is 0 Å². The zero-order chi connectivity index (χ0) is 13.2. The van der Waals surface area contributed by atoms with E-state index < -0.39 is 0 Å². The maximum Gasteiger partial charge on any atom is 0.139 e. The minimum atomic E-state index is 0.608. The lowest BCUT2D eigenvalue weighted by molar-refractivity contribution is 0.418. The molecular weight excluding hydrogens is 258 g/mol. The molecule has 3 rings (SSSR count). The van der Waals surface area contributed by atoms with Crippen molar-refractivity contribution in [3.8, 4) is 22.0 Å². The molecule has 0 unspecified atom stereocenters. The van der Waals surface area contributed by atoms with Crippen LogP contribution in [0.5, 0.6) is 5.75 Å². The number of nitrogens with two attached hydrogens (primary N) is 1. The average Bonchev–Trinajstić information content (AvgIpc) is 3.05. The predicted molar refractivity (Wildman–Crippen MR) is 77.8 cm³/mol. The number of para-hydroxylation sites is 1. The van der Waals surface area contributed by atoms with E-state index >= 15 is 0 Å². The molecule has 4 nitrogen and oxygen atoms in total. The van der Waals surface area contributed by atoms with Crippen LogP contribution < -0.4 is 10.5 Å². The molecule has 0 saturated carbocycles. The van der Waals surface area contributed by atoms with E-state index in [-0.39, 0.29) is 0 Å². The van der Waals surface area contributed by atoms with Gasteiger partial charge in [0, 0.05) is 6.07 Å². The number of nitrogens with zero attached hydrogens (tertiary/aromatic N) is 2. The highest BCUT2D eigenvalue weighted by atomic mass is 32.1. The van der Waals surface area contributed by atoms with Crippen LogP contribution in [0.2, 0.25) is 0 Å². The van der Waals surface area contributed by atoms with E-state index in [1.54, 1.807) is 23.1 Å². The van der Waals surface area contributed by atoms with E-state index in [0.717, 1.165) is 22.0 Å². The second-order valence-corrected chi connectivity index (χ2v) is 4.94. The van der Waals surface area contributed by atoms with Crippen LogP contribution in [0.1, 0.15) is 0 Å². The highest BCUT2D eigenvalue weighted by Crippen LogP contribution is 2.35. The minimum Gasteiger partial charge on any atom is -0.495 e. The Bertz CT molecular complexity index is 688. The lowest BCUT2D eigenvalue weighted by Crippen LogP contribution is -2.00. The van der Waals surface area contributed by atoms with Crippen LogP contribution in [0.15, 0.2) is 47.8 Å². The molecule has 3 aromatic rings. The quantitative estimate of drug-likeness (QED) is 0.796. The summed E-state index contributed by atoms with van der Waals surface area (Å²) in [7, 11) is 1.66. The third-order valence-electron chi connectivity index (χ3n) is 2.82. The predicted octanol–water partition coefficient (Wildman–Crippen LogP) is 3.19. The minimum absolute atomic E-state index is 0.608. The fourth-order valence-corrected chi connectivity index (χ4v) is 2.74. The zero-order valence-corrected chi connectivity index (χ0v) is 11.2. The fourth-order valence-electron chi connectivity index (χ4n) is 1.93. The van der Waals surface area contributed by atoms with Crippen LogP contribution in [0, 0.1) is 0 Å². The second-order valence-electron chi connectivity index (χ2n) is 4.02. The van der Waals surface area contributed by atoms with Gasteiger partial charge in [0.2, 0.25) is 0 Å². The molecule has 0 aliphatic heterocycles. The van der Waals surface area contributed by atoms with Gasteiger partial charge in [-0.15, -0.1) is 11.3 Å². The molecule has 2 aromatic heterocycles. The normalized spacial score (nSPS) is 10.6. The van der Waals surface area contributed by atoms with Crippen molar-refractivity contribution in [3.05, 3.63) is 47.8 Å². The van der Waals surface area contributed by atoms with Crippen LogP contribution in [-0.4, -0.2) is 16.9 Å². The van der Waals surface area contributed by atoms with Gasteiger partial charge in [-0.2, -0.15) is 5.10 Å². The van der Waals surface area contributed by atoms with Crippen LogP contribution in [-0.2, 0) is 0 Å². The van der Waals surface area contributed by atoms with Crippen molar-refractivity contribution in [3.63, 3.8) is 0 Å². The molecule has 0 saturated heterocycles. The van der Waals surface area contributed by atoms with Crippen molar-refractivity contribution in [2.45, 2.75) is 0 Å². The Morgan fingerprint density at radius 2 is 2.00 bits per heavy atom. The van der Waals surface area contributed by atoms with Crippen LogP contribution in [0.4, 0.5) is 5.82 Å². The molecule has 96 valence electrons. The Labute approximate surface area is 115 Å². The molecule has 0 spiro atoms.